The number of carbonyl (C=O) groups excluding carboxylic acids is 1. The van der Waals surface area contributed by atoms with Crippen LogP contribution < -0.4 is 0 Å². The number of aryl methyl sites for hydroxylation is 2. The fourth-order valence-electron chi connectivity index (χ4n) is 3.57. The predicted molar refractivity (Wildman–Crippen MR) is 104 cm³/mol. The van der Waals surface area contributed by atoms with Gasteiger partial charge >= 0.3 is 0 Å². The molecule has 1 aliphatic rings. The number of amides is 1. The Morgan fingerprint density at radius 1 is 1.11 bits per heavy atom. The number of hydrogen-bond acceptors (Lipinski definition) is 4. The topological polar surface area (TPSA) is 59.2 Å². The van der Waals surface area contributed by atoms with E-state index in [0.29, 0.717) is 18.3 Å². The van der Waals surface area contributed by atoms with Crippen molar-refractivity contribution in [2.45, 2.75) is 32.6 Å². The Morgan fingerprint density at radius 3 is 2.67 bits per heavy atom. The van der Waals surface area contributed by atoms with Gasteiger partial charge in [-0.05, 0) is 38.3 Å². The minimum atomic E-state index is 0.0797. The first-order chi connectivity index (χ1) is 13.1. The number of hydrogen-bond donors (Lipinski definition) is 0. The van der Waals surface area contributed by atoms with Crippen molar-refractivity contribution in [2.24, 2.45) is 0 Å². The Hall–Kier alpha value is -2.95. The van der Waals surface area contributed by atoms with E-state index < -0.39 is 0 Å². The molecule has 0 unspecified atom stereocenters. The molecule has 1 fully saturated rings. The van der Waals surface area contributed by atoms with Crippen LogP contribution in [-0.4, -0.2) is 34.0 Å². The second-order valence-corrected chi connectivity index (χ2v) is 7.23. The maximum atomic E-state index is 12.9. The molecule has 5 heteroatoms. The summed E-state index contributed by atoms with van der Waals surface area (Å²) in [6.07, 6.45) is 1.89. The van der Waals surface area contributed by atoms with E-state index in [1.807, 2.05) is 67.3 Å². The van der Waals surface area contributed by atoms with Gasteiger partial charge in [0.1, 0.15) is 0 Å². The molecule has 0 bridgehead atoms. The van der Waals surface area contributed by atoms with Gasteiger partial charge in [0, 0.05) is 24.2 Å². The smallest absolute Gasteiger partial charge is 0.254 e. The van der Waals surface area contributed by atoms with E-state index in [1.165, 1.54) is 5.56 Å². The minimum absolute atomic E-state index is 0.0797. The molecule has 1 saturated heterocycles. The van der Waals surface area contributed by atoms with Crippen molar-refractivity contribution < 1.29 is 9.32 Å². The van der Waals surface area contributed by atoms with Gasteiger partial charge in [-0.3, -0.25) is 4.79 Å². The normalized spacial score (nSPS) is 17.1. The van der Waals surface area contributed by atoms with Crippen molar-refractivity contribution in [1.82, 2.24) is 15.0 Å². The molecule has 4 rings (SSSR count). The van der Waals surface area contributed by atoms with Gasteiger partial charge in [0.05, 0.1) is 5.92 Å². The van der Waals surface area contributed by atoms with E-state index in [0.717, 1.165) is 36.1 Å². The van der Waals surface area contributed by atoms with Crippen LogP contribution in [0.1, 0.15) is 46.1 Å². The molecular weight excluding hydrogens is 338 g/mol. The predicted octanol–water partition coefficient (Wildman–Crippen LogP) is 4.37. The van der Waals surface area contributed by atoms with Gasteiger partial charge in [-0.2, -0.15) is 4.98 Å². The van der Waals surface area contributed by atoms with E-state index in [9.17, 15) is 4.79 Å². The van der Waals surface area contributed by atoms with Crippen molar-refractivity contribution in [1.29, 1.82) is 0 Å². The highest BCUT2D eigenvalue weighted by atomic mass is 16.5. The van der Waals surface area contributed by atoms with Crippen LogP contribution in [0.5, 0.6) is 0 Å². The molecule has 138 valence electrons. The molecule has 0 radical (unpaired) electrons. The van der Waals surface area contributed by atoms with Gasteiger partial charge in [0.25, 0.3) is 5.91 Å². The molecule has 0 aliphatic carbocycles. The average Bonchev–Trinajstić information content (AvgIpc) is 3.19. The highest BCUT2D eigenvalue weighted by Crippen LogP contribution is 2.28. The van der Waals surface area contributed by atoms with Crippen molar-refractivity contribution in [3.8, 4) is 11.4 Å². The van der Waals surface area contributed by atoms with E-state index in [4.69, 9.17) is 4.52 Å². The summed E-state index contributed by atoms with van der Waals surface area (Å²) in [4.78, 5) is 19.4. The first kappa shape index (κ1) is 17.5. The highest BCUT2D eigenvalue weighted by Gasteiger charge is 2.29. The third-order valence-corrected chi connectivity index (χ3v) is 5.18. The Balaban J connectivity index is 1.51. The maximum absolute atomic E-state index is 12.9. The first-order valence-electron chi connectivity index (χ1n) is 9.37. The lowest BCUT2D eigenvalue weighted by Gasteiger charge is -2.31. The van der Waals surface area contributed by atoms with Crippen LogP contribution in [0.3, 0.4) is 0 Å². The van der Waals surface area contributed by atoms with Crippen LogP contribution in [0.25, 0.3) is 11.4 Å². The third-order valence-electron chi connectivity index (χ3n) is 5.18. The SMILES string of the molecule is Cc1ccc(-c2noc([C@@H]3CCCN(C(=O)c4ccccc4C)C3)n2)cc1. The summed E-state index contributed by atoms with van der Waals surface area (Å²) in [6.45, 7) is 5.40. The number of carbonyl (C=O) groups is 1. The Bertz CT molecular complexity index is 946. The zero-order valence-corrected chi connectivity index (χ0v) is 15.7. The molecule has 3 aromatic rings. The number of aromatic nitrogens is 2. The van der Waals surface area contributed by atoms with Gasteiger partial charge in [-0.25, -0.2) is 0 Å². The van der Waals surface area contributed by atoms with Crippen LogP contribution in [-0.2, 0) is 0 Å². The fourth-order valence-corrected chi connectivity index (χ4v) is 3.57. The molecule has 1 aliphatic heterocycles. The van der Waals surface area contributed by atoms with Gasteiger partial charge in [-0.1, -0.05) is 53.2 Å². The van der Waals surface area contributed by atoms with Crippen LogP contribution in [0.2, 0.25) is 0 Å². The summed E-state index contributed by atoms with van der Waals surface area (Å²) in [5.41, 5.74) is 3.91. The van der Waals surface area contributed by atoms with E-state index in [1.54, 1.807) is 0 Å². The van der Waals surface area contributed by atoms with Crippen molar-refractivity contribution >= 4 is 5.91 Å². The van der Waals surface area contributed by atoms with Crippen LogP contribution in [0.15, 0.2) is 53.1 Å². The lowest BCUT2D eigenvalue weighted by Crippen LogP contribution is -2.39. The monoisotopic (exact) mass is 361 g/mol. The molecule has 0 saturated carbocycles. The highest BCUT2D eigenvalue weighted by molar-refractivity contribution is 5.95. The van der Waals surface area contributed by atoms with Crippen LogP contribution >= 0.6 is 0 Å². The zero-order valence-electron chi connectivity index (χ0n) is 15.7. The lowest BCUT2D eigenvalue weighted by atomic mass is 9.96. The zero-order chi connectivity index (χ0) is 18.8. The van der Waals surface area contributed by atoms with Gasteiger partial charge in [-0.15, -0.1) is 0 Å². The molecule has 1 atom stereocenters. The Morgan fingerprint density at radius 2 is 1.89 bits per heavy atom. The second kappa shape index (κ2) is 7.35. The number of likely N-dealkylation sites (tertiary alicyclic amines) is 1. The van der Waals surface area contributed by atoms with E-state index in [-0.39, 0.29) is 11.8 Å². The van der Waals surface area contributed by atoms with Crippen LogP contribution in [0.4, 0.5) is 0 Å². The second-order valence-electron chi connectivity index (χ2n) is 7.23. The summed E-state index contributed by atoms with van der Waals surface area (Å²) >= 11 is 0. The molecular formula is C22H23N3O2. The molecule has 1 aromatic heterocycles. The van der Waals surface area contributed by atoms with Gasteiger partial charge < -0.3 is 9.42 Å². The fraction of sp³-hybridized carbons (Fsp3) is 0.318. The van der Waals surface area contributed by atoms with E-state index in [2.05, 4.69) is 10.1 Å². The minimum Gasteiger partial charge on any atom is -0.339 e. The summed E-state index contributed by atoms with van der Waals surface area (Å²) in [5.74, 6) is 1.38. The third kappa shape index (κ3) is 3.63. The summed E-state index contributed by atoms with van der Waals surface area (Å²) in [7, 11) is 0. The molecule has 0 N–H and O–H groups in total. The van der Waals surface area contributed by atoms with Gasteiger partial charge in [0.2, 0.25) is 11.7 Å². The molecule has 2 aromatic carbocycles. The Kier molecular flexibility index (Phi) is 4.75. The Labute approximate surface area is 159 Å². The molecule has 0 spiro atoms. The standard InChI is InChI=1S/C22H23N3O2/c1-15-9-11-17(12-10-15)20-23-21(27-24-20)18-7-5-13-25(14-18)22(26)19-8-4-3-6-16(19)2/h3-4,6,8-12,18H,5,7,13-14H2,1-2H3/t18-/m1/s1. The number of nitrogens with zero attached hydrogens (tertiary/aromatic N) is 3. The molecule has 1 amide bonds. The number of benzene rings is 2. The summed E-state index contributed by atoms with van der Waals surface area (Å²) < 4.78 is 5.55. The lowest BCUT2D eigenvalue weighted by molar-refractivity contribution is 0.0695. The van der Waals surface area contributed by atoms with Crippen LogP contribution in [0, 0.1) is 13.8 Å². The number of rotatable bonds is 3. The van der Waals surface area contributed by atoms with Crippen molar-refractivity contribution in [3.63, 3.8) is 0 Å². The van der Waals surface area contributed by atoms with Crippen molar-refractivity contribution in [2.75, 3.05) is 13.1 Å². The largest absolute Gasteiger partial charge is 0.339 e. The quantitative estimate of drug-likeness (QED) is 0.695. The average molecular weight is 361 g/mol. The van der Waals surface area contributed by atoms with Crippen molar-refractivity contribution in [3.05, 3.63) is 71.1 Å². The molecule has 27 heavy (non-hydrogen) atoms. The first-order valence-corrected chi connectivity index (χ1v) is 9.37. The van der Waals surface area contributed by atoms with E-state index >= 15 is 0 Å². The molecule has 5 nitrogen and oxygen atoms in total. The maximum Gasteiger partial charge on any atom is 0.254 e. The molecule has 2 heterocycles. The number of piperidine rings is 1. The summed E-state index contributed by atoms with van der Waals surface area (Å²) in [5, 5.41) is 4.14. The summed E-state index contributed by atoms with van der Waals surface area (Å²) in [6, 6.07) is 15.8. The van der Waals surface area contributed by atoms with Gasteiger partial charge in [0.15, 0.2) is 0 Å².